The smallest absolute Gasteiger partial charge is 0.269 e. The van der Waals surface area contributed by atoms with Gasteiger partial charge in [0.25, 0.3) is 5.69 Å². The van der Waals surface area contributed by atoms with Crippen molar-refractivity contribution in [2.45, 2.75) is 20.0 Å². The maximum atomic E-state index is 10.8. The van der Waals surface area contributed by atoms with Crippen LogP contribution in [0.15, 0.2) is 77.9 Å². The number of nitro groups is 1. The summed E-state index contributed by atoms with van der Waals surface area (Å²) in [6.07, 6.45) is 1.68. The number of ether oxygens (including phenoxy) is 1. The number of anilines is 1. The summed E-state index contributed by atoms with van der Waals surface area (Å²) in [7, 11) is 0. The van der Waals surface area contributed by atoms with Gasteiger partial charge in [0, 0.05) is 23.1 Å². The molecular formula is C24H21N5O3. The van der Waals surface area contributed by atoms with Gasteiger partial charge in [0.15, 0.2) is 11.6 Å². The number of para-hydroxylation sites is 1. The molecule has 4 rings (SSSR count). The van der Waals surface area contributed by atoms with Crippen LogP contribution in [-0.4, -0.2) is 27.2 Å². The second kappa shape index (κ2) is 9.22. The summed E-state index contributed by atoms with van der Waals surface area (Å²) in [5.74, 6) is 1.91. The molecule has 0 aliphatic heterocycles. The van der Waals surface area contributed by atoms with E-state index < -0.39 is 4.92 Å². The summed E-state index contributed by atoms with van der Waals surface area (Å²) in [6, 6.07) is 21.4. The quantitative estimate of drug-likeness (QED) is 0.239. The molecule has 0 bridgehead atoms. The van der Waals surface area contributed by atoms with Crippen molar-refractivity contribution in [3.8, 4) is 17.1 Å². The summed E-state index contributed by atoms with van der Waals surface area (Å²) in [5, 5.41) is 15.9. The number of hydrazone groups is 1. The number of benzene rings is 3. The Morgan fingerprint density at radius 3 is 2.41 bits per heavy atom. The van der Waals surface area contributed by atoms with E-state index in [0.717, 1.165) is 27.8 Å². The molecule has 1 N–H and O–H groups in total. The first-order valence-corrected chi connectivity index (χ1v) is 10.1. The van der Waals surface area contributed by atoms with Crippen molar-refractivity contribution in [3.63, 3.8) is 0 Å². The number of non-ortho nitro benzene ring substituents is 1. The van der Waals surface area contributed by atoms with Crippen LogP contribution in [0.4, 0.5) is 11.5 Å². The number of rotatable bonds is 7. The highest BCUT2D eigenvalue weighted by Crippen LogP contribution is 2.26. The van der Waals surface area contributed by atoms with E-state index in [0.29, 0.717) is 11.6 Å². The number of nitrogens with one attached hydrogen (secondary N) is 1. The Labute approximate surface area is 184 Å². The number of nitro benzene ring substituents is 1. The van der Waals surface area contributed by atoms with Crippen LogP contribution < -0.4 is 10.2 Å². The predicted molar refractivity (Wildman–Crippen MR) is 125 cm³/mol. The zero-order valence-electron chi connectivity index (χ0n) is 17.6. The molecule has 160 valence electrons. The van der Waals surface area contributed by atoms with E-state index in [1.54, 1.807) is 18.3 Å². The molecule has 0 aliphatic rings. The van der Waals surface area contributed by atoms with E-state index in [4.69, 9.17) is 4.74 Å². The predicted octanol–water partition coefficient (Wildman–Crippen LogP) is 5.44. The monoisotopic (exact) mass is 427 g/mol. The molecule has 0 radical (unpaired) electrons. The van der Waals surface area contributed by atoms with Crippen molar-refractivity contribution >= 4 is 28.6 Å². The number of hydrogen-bond acceptors (Lipinski definition) is 7. The molecule has 0 saturated heterocycles. The van der Waals surface area contributed by atoms with E-state index >= 15 is 0 Å². The molecule has 0 saturated carbocycles. The van der Waals surface area contributed by atoms with Gasteiger partial charge in [0.1, 0.15) is 5.75 Å². The molecule has 0 amide bonds. The zero-order chi connectivity index (χ0) is 22.5. The average molecular weight is 427 g/mol. The van der Waals surface area contributed by atoms with E-state index in [-0.39, 0.29) is 11.8 Å². The maximum absolute atomic E-state index is 10.8. The fourth-order valence-corrected chi connectivity index (χ4v) is 3.10. The summed E-state index contributed by atoms with van der Waals surface area (Å²) >= 11 is 0. The molecule has 4 aromatic rings. The van der Waals surface area contributed by atoms with Crippen molar-refractivity contribution in [1.29, 1.82) is 0 Å². The van der Waals surface area contributed by atoms with Crippen molar-refractivity contribution < 1.29 is 9.66 Å². The molecule has 0 fully saturated rings. The third kappa shape index (κ3) is 4.86. The highest BCUT2D eigenvalue weighted by Gasteiger charge is 2.10. The number of aromatic nitrogens is 2. The molecule has 0 atom stereocenters. The standard InChI is InChI=1S/C24H21N5O3/c1-16(2)32-20-13-9-18(10-14-20)23-26-22-6-4-3-5-21(22)24(27-23)28-25-15-17-7-11-19(12-8-17)29(30)31/h3-16H,1-2H3,(H,26,27,28)/b25-15-. The Bertz CT molecular complexity index is 1270. The lowest BCUT2D eigenvalue weighted by Gasteiger charge is -2.11. The van der Waals surface area contributed by atoms with Crippen LogP contribution in [0.2, 0.25) is 0 Å². The Balaban J connectivity index is 1.61. The molecule has 8 nitrogen and oxygen atoms in total. The van der Waals surface area contributed by atoms with Crippen LogP contribution in [0, 0.1) is 10.1 Å². The third-order valence-corrected chi connectivity index (χ3v) is 4.58. The minimum Gasteiger partial charge on any atom is -0.491 e. The molecule has 8 heteroatoms. The van der Waals surface area contributed by atoms with Gasteiger partial charge in [-0.05, 0) is 67.9 Å². The van der Waals surface area contributed by atoms with Gasteiger partial charge in [-0.15, -0.1) is 0 Å². The maximum Gasteiger partial charge on any atom is 0.269 e. The summed E-state index contributed by atoms with van der Waals surface area (Å²) in [4.78, 5) is 19.7. The van der Waals surface area contributed by atoms with Gasteiger partial charge in [-0.3, -0.25) is 15.5 Å². The van der Waals surface area contributed by atoms with Gasteiger partial charge in [0.05, 0.1) is 22.8 Å². The Morgan fingerprint density at radius 2 is 1.72 bits per heavy atom. The van der Waals surface area contributed by atoms with Crippen LogP contribution >= 0.6 is 0 Å². The average Bonchev–Trinajstić information content (AvgIpc) is 2.79. The fraction of sp³-hybridized carbons (Fsp3) is 0.125. The van der Waals surface area contributed by atoms with E-state index in [1.165, 1.54) is 12.1 Å². The van der Waals surface area contributed by atoms with Crippen LogP contribution in [0.5, 0.6) is 5.75 Å². The second-order valence-corrected chi connectivity index (χ2v) is 7.32. The molecule has 0 unspecified atom stereocenters. The van der Waals surface area contributed by atoms with Crippen molar-refractivity contribution in [2.24, 2.45) is 5.10 Å². The van der Waals surface area contributed by atoms with Crippen LogP contribution in [0.1, 0.15) is 19.4 Å². The highest BCUT2D eigenvalue weighted by molar-refractivity contribution is 5.91. The molecule has 1 aromatic heterocycles. The Kier molecular flexibility index (Phi) is 6.03. The topological polar surface area (TPSA) is 103 Å². The molecule has 3 aromatic carbocycles. The first-order valence-electron chi connectivity index (χ1n) is 10.1. The summed E-state index contributed by atoms with van der Waals surface area (Å²) in [5.41, 5.74) is 5.38. The normalized spacial score (nSPS) is 11.2. The van der Waals surface area contributed by atoms with Gasteiger partial charge in [-0.2, -0.15) is 5.10 Å². The van der Waals surface area contributed by atoms with Crippen LogP contribution in [0.25, 0.3) is 22.3 Å². The number of fused-ring (bicyclic) bond motifs is 1. The lowest BCUT2D eigenvalue weighted by molar-refractivity contribution is -0.384. The van der Waals surface area contributed by atoms with Crippen LogP contribution in [-0.2, 0) is 0 Å². The second-order valence-electron chi connectivity index (χ2n) is 7.32. The Morgan fingerprint density at radius 1 is 1.00 bits per heavy atom. The zero-order valence-corrected chi connectivity index (χ0v) is 17.6. The van der Waals surface area contributed by atoms with Crippen LogP contribution in [0.3, 0.4) is 0 Å². The van der Waals surface area contributed by atoms with Crippen molar-refractivity contribution in [2.75, 3.05) is 5.43 Å². The first kappa shape index (κ1) is 20.9. The number of nitrogens with zero attached hydrogens (tertiary/aromatic N) is 4. The van der Waals surface area contributed by atoms with Gasteiger partial charge in [0.2, 0.25) is 0 Å². The highest BCUT2D eigenvalue weighted by atomic mass is 16.6. The molecular weight excluding hydrogens is 406 g/mol. The number of hydrogen-bond donors (Lipinski definition) is 1. The lowest BCUT2D eigenvalue weighted by Crippen LogP contribution is -2.05. The van der Waals surface area contributed by atoms with E-state index in [9.17, 15) is 10.1 Å². The van der Waals surface area contributed by atoms with E-state index in [1.807, 2.05) is 62.4 Å². The molecule has 1 heterocycles. The Hall–Kier alpha value is -4.33. The minimum absolute atomic E-state index is 0.0337. The van der Waals surface area contributed by atoms with Crippen molar-refractivity contribution in [1.82, 2.24) is 9.97 Å². The lowest BCUT2D eigenvalue weighted by atomic mass is 10.1. The summed E-state index contributed by atoms with van der Waals surface area (Å²) in [6.45, 7) is 3.96. The third-order valence-electron chi connectivity index (χ3n) is 4.58. The van der Waals surface area contributed by atoms with E-state index in [2.05, 4.69) is 20.5 Å². The minimum atomic E-state index is -0.435. The molecule has 0 aliphatic carbocycles. The largest absolute Gasteiger partial charge is 0.491 e. The van der Waals surface area contributed by atoms with Crippen molar-refractivity contribution in [3.05, 3.63) is 88.5 Å². The molecule has 0 spiro atoms. The van der Waals surface area contributed by atoms with Gasteiger partial charge in [-0.1, -0.05) is 12.1 Å². The molecule has 32 heavy (non-hydrogen) atoms. The first-order chi connectivity index (χ1) is 15.5. The van der Waals surface area contributed by atoms with Gasteiger partial charge >= 0.3 is 0 Å². The van der Waals surface area contributed by atoms with Gasteiger partial charge < -0.3 is 4.74 Å². The summed E-state index contributed by atoms with van der Waals surface area (Å²) < 4.78 is 5.70. The SMILES string of the molecule is CC(C)Oc1ccc(-c2nc(N/N=C\c3ccc([N+](=O)[O-])cc3)c3ccccc3n2)cc1. The fourth-order valence-electron chi connectivity index (χ4n) is 3.10. The van der Waals surface area contributed by atoms with Gasteiger partial charge in [-0.25, -0.2) is 9.97 Å².